The summed E-state index contributed by atoms with van der Waals surface area (Å²) < 4.78 is 73.3. The molecule has 8 heterocycles. The third kappa shape index (κ3) is 6.30. The second-order valence-electron chi connectivity index (χ2n) is 15.3. The van der Waals surface area contributed by atoms with E-state index in [1.807, 2.05) is 0 Å². The zero-order valence-electron chi connectivity index (χ0n) is 32.2. The van der Waals surface area contributed by atoms with Crippen LogP contribution in [0.25, 0.3) is 11.0 Å². The van der Waals surface area contributed by atoms with E-state index >= 15 is 0 Å². The maximum absolute atomic E-state index is 14.8. The van der Waals surface area contributed by atoms with Crippen LogP contribution in [0.15, 0.2) is 61.2 Å². The van der Waals surface area contributed by atoms with Gasteiger partial charge < -0.3 is 44.4 Å². The van der Waals surface area contributed by atoms with E-state index in [1.54, 1.807) is 52.0 Å². The lowest BCUT2D eigenvalue weighted by molar-refractivity contribution is -0.384. The lowest BCUT2D eigenvalue weighted by Gasteiger charge is -2.30. The third-order valence-electron chi connectivity index (χ3n) is 10.6. The number of ether oxygens (including phenoxy) is 6. The van der Waals surface area contributed by atoms with E-state index in [9.17, 15) is 25.2 Å². The maximum atomic E-state index is 14.8. The Bertz CT molecular complexity index is 2510. The number of benzene rings is 1. The Morgan fingerprint density at radius 3 is 1.62 bits per heavy atom. The number of fused-ring (bicyclic) bond motifs is 4. The van der Waals surface area contributed by atoms with Crippen LogP contribution < -0.4 is 16.0 Å². The number of nitrogens with zero attached hydrogens (tertiary/aromatic N) is 9. The largest absolute Gasteiger partial charge is 0.530 e. The molecule has 1 aromatic carbocycles. The van der Waals surface area contributed by atoms with E-state index < -0.39 is 85.4 Å². The minimum Gasteiger partial charge on any atom is -0.404 e. The number of aromatic nitrogens is 6. The average Bonchev–Trinajstić information content (AvgIpc) is 4.05. The van der Waals surface area contributed by atoms with Gasteiger partial charge in [0.15, 0.2) is 23.2 Å². The Hall–Kier alpha value is -5.85. The zero-order chi connectivity index (χ0) is 42.4. The van der Waals surface area contributed by atoms with Gasteiger partial charge in [0.05, 0.1) is 29.5 Å². The van der Waals surface area contributed by atoms with E-state index in [0.717, 1.165) is 12.1 Å². The van der Waals surface area contributed by atoms with Gasteiger partial charge in [-0.3, -0.25) is 19.2 Å². The first-order valence-corrected chi connectivity index (χ1v) is 19.9. The normalized spacial score (nSPS) is 31.0. The number of phosphoric ester groups is 1. The van der Waals surface area contributed by atoms with E-state index in [-0.39, 0.29) is 34.5 Å². The molecule has 4 aliphatic heterocycles. The molecule has 0 saturated carbocycles. The molecule has 9 rings (SSSR count). The minimum atomic E-state index is -4.81. The van der Waals surface area contributed by atoms with Gasteiger partial charge in [-0.1, -0.05) is 0 Å². The van der Waals surface area contributed by atoms with E-state index in [0.29, 0.717) is 11.0 Å². The number of non-ortho nitro benzene ring substituents is 1. The number of anilines is 2. The molecule has 0 aliphatic carbocycles. The lowest BCUT2D eigenvalue weighted by Crippen LogP contribution is -2.40. The molecule has 4 aliphatic rings. The molecule has 4 N–H and O–H groups in total. The highest BCUT2D eigenvalue weighted by molar-refractivity contribution is 7.48. The summed E-state index contributed by atoms with van der Waals surface area (Å²) in [5.74, 6) is -2.19. The van der Waals surface area contributed by atoms with Gasteiger partial charge in [0.1, 0.15) is 78.2 Å². The highest BCUT2D eigenvalue weighted by Crippen LogP contribution is 2.55. The van der Waals surface area contributed by atoms with Crippen molar-refractivity contribution in [3.8, 4) is 17.9 Å². The van der Waals surface area contributed by atoms with E-state index in [1.165, 1.54) is 33.8 Å². The van der Waals surface area contributed by atoms with Crippen LogP contribution in [0.1, 0.15) is 39.1 Å². The van der Waals surface area contributed by atoms with Crippen molar-refractivity contribution in [2.24, 2.45) is 0 Å². The van der Waals surface area contributed by atoms with Crippen LogP contribution in [0.2, 0.25) is 0 Å². The molecule has 4 aromatic heterocycles. The number of nitriles is 2. The summed E-state index contributed by atoms with van der Waals surface area (Å²) in [4.78, 5) is 18.8. The van der Waals surface area contributed by atoms with Gasteiger partial charge in [-0.25, -0.2) is 23.6 Å². The van der Waals surface area contributed by atoms with Crippen molar-refractivity contribution >= 4 is 36.2 Å². The smallest absolute Gasteiger partial charge is 0.404 e. The predicted octanol–water partition coefficient (Wildman–Crippen LogP) is 3.04. The Balaban J connectivity index is 1.03. The Kier molecular flexibility index (Phi) is 9.14. The fourth-order valence-corrected chi connectivity index (χ4v) is 9.33. The molecule has 8 atom stereocenters. The molecule has 60 heavy (non-hydrogen) atoms. The van der Waals surface area contributed by atoms with Crippen LogP contribution in [0, 0.1) is 32.8 Å². The number of nitro benzene ring substituents is 1. The Morgan fingerprint density at radius 1 is 0.750 bits per heavy atom. The van der Waals surface area contributed by atoms with Gasteiger partial charge in [0.25, 0.3) is 5.69 Å². The van der Waals surface area contributed by atoms with Gasteiger partial charge in [-0.15, -0.1) is 0 Å². The molecular weight excluding hydrogens is 809 g/mol. The van der Waals surface area contributed by atoms with Crippen molar-refractivity contribution in [1.29, 1.82) is 10.5 Å². The van der Waals surface area contributed by atoms with Crippen LogP contribution in [0.3, 0.4) is 0 Å². The first-order chi connectivity index (χ1) is 28.5. The number of phosphoric acid groups is 1. The molecule has 0 bridgehead atoms. The van der Waals surface area contributed by atoms with Gasteiger partial charge in [0.2, 0.25) is 11.2 Å². The Labute approximate surface area is 339 Å². The van der Waals surface area contributed by atoms with E-state index in [2.05, 4.69) is 32.3 Å². The molecule has 4 fully saturated rings. The predicted molar refractivity (Wildman–Crippen MR) is 200 cm³/mol. The summed E-state index contributed by atoms with van der Waals surface area (Å²) in [5.41, 5.74) is 9.57. The molecule has 4 saturated heterocycles. The molecular formula is C36H36N11O12P. The molecule has 0 unspecified atom stereocenters. The van der Waals surface area contributed by atoms with Crippen molar-refractivity contribution in [1.82, 2.24) is 29.2 Å². The second-order valence-corrected chi connectivity index (χ2v) is 16.8. The summed E-state index contributed by atoms with van der Waals surface area (Å²) in [6, 6.07) is 15.7. The summed E-state index contributed by atoms with van der Waals surface area (Å²) in [7, 11) is -4.81. The molecule has 0 spiro atoms. The molecule has 0 radical (unpaired) electrons. The number of nitro groups is 1. The average molecular weight is 846 g/mol. The van der Waals surface area contributed by atoms with Gasteiger partial charge in [-0.2, -0.15) is 20.7 Å². The summed E-state index contributed by atoms with van der Waals surface area (Å²) in [5, 5.41) is 41.5. The fourth-order valence-electron chi connectivity index (χ4n) is 8.11. The van der Waals surface area contributed by atoms with Crippen molar-refractivity contribution in [2.75, 3.05) is 24.7 Å². The summed E-state index contributed by atoms with van der Waals surface area (Å²) in [6.45, 7) is 5.55. The van der Waals surface area contributed by atoms with E-state index in [4.69, 9.17) is 53.5 Å². The topological polar surface area (TPSA) is 303 Å². The van der Waals surface area contributed by atoms with Crippen LogP contribution in [0.4, 0.5) is 17.3 Å². The molecule has 23 nitrogen and oxygen atoms in total. The molecule has 5 aromatic rings. The van der Waals surface area contributed by atoms with Gasteiger partial charge in [0, 0.05) is 12.1 Å². The third-order valence-corrected chi connectivity index (χ3v) is 11.9. The number of hydrogen-bond acceptors (Lipinski definition) is 20. The second kappa shape index (κ2) is 13.9. The van der Waals surface area contributed by atoms with Crippen molar-refractivity contribution in [2.45, 2.75) is 87.1 Å². The van der Waals surface area contributed by atoms with Crippen LogP contribution in [-0.4, -0.2) is 95.5 Å². The van der Waals surface area contributed by atoms with Gasteiger partial charge in [-0.05, 0) is 64.1 Å². The SMILES string of the molecule is CC1(C)O[C@H]2[C@@H](O1)[C@](C#N)(c1ccc3c(N)ncnn13)O[C@@H]2COP(=O)(OC[C@H]1O[C@@](C#N)(c2ccc3c(N)ncnn23)[C@@H]2OC(C)(C)O[C@@H]21)Oc1ccc([N+](=O)[O-])cc1. The molecule has 24 heteroatoms. The van der Waals surface area contributed by atoms with Crippen LogP contribution in [-0.2, 0) is 53.2 Å². The zero-order valence-corrected chi connectivity index (χ0v) is 33.1. The minimum absolute atomic E-state index is 0.117. The monoisotopic (exact) mass is 845 g/mol. The maximum Gasteiger partial charge on any atom is 0.530 e. The van der Waals surface area contributed by atoms with Gasteiger partial charge >= 0.3 is 7.82 Å². The fraction of sp³-hybridized carbons (Fsp3) is 0.444. The lowest BCUT2D eigenvalue weighted by atomic mass is 9.92. The van der Waals surface area contributed by atoms with Crippen molar-refractivity contribution in [3.05, 3.63) is 82.7 Å². The summed E-state index contributed by atoms with van der Waals surface area (Å²) in [6.07, 6.45) is -3.84. The van der Waals surface area contributed by atoms with Crippen molar-refractivity contribution < 1.29 is 51.5 Å². The van der Waals surface area contributed by atoms with Crippen LogP contribution >= 0.6 is 7.82 Å². The highest BCUT2D eigenvalue weighted by atomic mass is 31.2. The standard InChI is InChI=1S/C36H36N11O12P/c1-33(2)55-27-23(53-35(15-37,29(27)57-33)25-11-9-21-31(39)41-17-43-45(21)25)13-51-60(50,59-20-7-5-19(6-8-20)47(48)49)52-14-24-28-30(58-34(3,4)56-28)36(16-38,54-24)26-12-10-22-32(40)42-18-44-46(22)26/h5-12,17-18,23-24,27-30H,13-14H2,1-4H3,(H2,39,41,43)(H2,40,42,44)/t23-,24-,27-,28-,29-,30-,35+,36+/m1/s1. The highest BCUT2D eigenvalue weighted by Gasteiger charge is 2.67. The van der Waals surface area contributed by atoms with Crippen molar-refractivity contribution in [3.63, 3.8) is 0 Å². The summed E-state index contributed by atoms with van der Waals surface area (Å²) >= 11 is 0. The quantitative estimate of drug-likeness (QED) is 0.110. The molecule has 312 valence electrons. The number of rotatable bonds is 11. The first-order valence-electron chi connectivity index (χ1n) is 18.4. The number of nitrogen functional groups attached to an aromatic ring is 2. The number of hydrogen-bond donors (Lipinski definition) is 2. The first kappa shape index (κ1) is 39.6. The van der Waals surface area contributed by atoms with Crippen LogP contribution in [0.5, 0.6) is 5.75 Å². The number of nitrogens with two attached hydrogens (primary N) is 2. The molecule has 0 amide bonds. The Morgan fingerprint density at radius 2 is 1.20 bits per heavy atom.